The Labute approximate surface area is 201 Å². The third-order valence-corrected chi connectivity index (χ3v) is 5.03. The van der Waals surface area contributed by atoms with Crippen LogP contribution in [0.5, 0.6) is 0 Å². The summed E-state index contributed by atoms with van der Waals surface area (Å²) in [7, 11) is 0.543. The summed E-state index contributed by atoms with van der Waals surface area (Å²) in [4.78, 5) is 23.2. The van der Waals surface area contributed by atoms with Crippen LogP contribution in [0.15, 0.2) is 0 Å². The quantitative estimate of drug-likeness (QED) is 0.241. The number of amides is 1. The van der Waals surface area contributed by atoms with E-state index in [2.05, 4.69) is 9.47 Å². The predicted molar refractivity (Wildman–Crippen MR) is 93.4 cm³/mol. The van der Waals surface area contributed by atoms with Crippen molar-refractivity contribution in [2.75, 3.05) is 12.9 Å². The zero-order valence-corrected chi connectivity index (χ0v) is 19.3. The van der Waals surface area contributed by atoms with Gasteiger partial charge in [-0.3, -0.25) is 0 Å². The standard InChI is InChI=1S/C16H16F15NO4S/c1-9(2,3)36-8(34)32-6(7(33)35-4)5-37-16(30,31)14(25,26)12(21,22)10(17,18)11(19,20)13(23,24)15(27,28)29/h6H,5H2,1-4H3,(H,32,34)/t6-/m0/s1. The molecule has 0 radical (unpaired) electrons. The number of hydrogen-bond acceptors (Lipinski definition) is 5. The second kappa shape index (κ2) is 10.3. The molecular formula is C16H16F15NO4S. The Kier molecular flexibility index (Phi) is 9.76. The summed E-state index contributed by atoms with van der Waals surface area (Å²) in [5.41, 5.74) is -1.31. The molecule has 1 amide bonds. The number of alkyl carbamates (subject to hydrolysis) is 1. The number of thioether (sulfide) groups is 1. The van der Waals surface area contributed by atoms with Crippen molar-refractivity contribution in [2.45, 2.75) is 73.5 Å². The van der Waals surface area contributed by atoms with Crippen LogP contribution in [0.25, 0.3) is 0 Å². The van der Waals surface area contributed by atoms with Gasteiger partial charge in [-0.25, -0.2) is 9.59 Å². The molecule has 0 unspecified atom stereocenters. The summed E-state index contributed by atoms with van der Waals surface area (Å²) >= 11 is -1.86. The minimum atomic E-state index is -8.43. The first-order valence-electron chi connectivity index (χ1n) is 8.99. The Hall–Kier alpha value is -1.96. The average Bonchev–Trinajstić information content (AvgIpc) is 2.67. The van der Waals surface area contributed by atoms with Crippen LogP contribution in [0.4, 0.5) is 70.7 Å². The van der Waals surface area contributed by atoms with Crippen molar-refractivity contribution >= 4 is 23.8 Å². The first-order chi connectivity index (χ1) is 15.9. The van der Waals surface area contributed by atoms with Crippen LogP contribution in [0.1, 0.15) is 20.8 Å². The molecule has 0 saturated heterocycles. The Bertz CT molecular complexity index is 839. The molecule has 0 bridgehead atoms. The van der Waals surface area contributed by atoms with Crippen molar-refractivity contribution in [2.24, 2.45) is 0 Å². The number of carbonyl (C=O) groups excluding carboxylic acids is 2. The molecule has 0 spiro atoms. The van der Waals surface area contributed by atoms with E-state index in [0.29, 0.717) is 7.11 Å². The van der Waals surface area contributed by atoms with Gasteiger partial charge in [0.15, 0.2) is 0 Å². The number of alkyl halides is 15. The Balaban J connectivity index is 6.21. The zero-order valence-electron chi connectivity index (χ0n) is 18.5. The fraction of sp³-hybridized carbons (Fsp3) is 0.875. The highest BCUT2D eigenvalue weighted by atomic mass is 32.2. The number of carbonyl (C=O) groups is 2. The van der Waals surface area contributed by atoms with E-state index in [9.17, 15) is 75.4 Å². The molecule has 0 aliphatic rings. The van der Waals surface area contributed by atoms with Gasteiger partial charge in [-0.2, -0.15) is 65.9 Å². The summed E-state index contributed by atoms with van der Waals surface area (Å²) < 4.78 is 207. The molecule has 0 aliphatic heterocycles. The number of ether oxygens (including phenoxy) is 2. The molecule has 0 aromatic carbocycles. The van der Waals surface area contributed by atoms with E-state index >= 15 is 0 Å². The molecular weight excluding hydrogens is 587 g/mol. The van der Waals surface area contributed by atoms with Gasteiger partial charge in [0.1, 0.15) is 11.6 Å². The highest BCUT2D eigenvalue weighted by molar-refractivity contribution is 8.00. The van der Waals surface area contributed by atoms with E-state index in [1.807, 2.05) is 0 Å². The molecule has 21 heteroatoms. The number of hydrogen-bond donors (Lipinski definition) is 1. The largest absolute Gasteiger partial charge is 0.467 e. The molecule has 0 aromatic heterocycles. The van der Waals surface area contributed by atoms with E-state index in [0.717, 1.165) is 0 Å². The lowest BCUT2D eigenvalue weighted by atomic mass is 9.94. The van der Waals surface area contributed by atoms with Gasteiger partial charge < -0.3 is 14.8 Å². The lowest BCUT2D eigenvalue weighted by Crippen LogP contribution is -2.72. The summed E-state index contributed by atoms with van der Waals surface area (Å²) in [6, 6.07) is -2.46. The smallest absolute Gasteiger partial charge is 0.460 e. The first-order valence-corrected chi connectivity index (χ1v) is 9.98. The van der Waals surface area contributed by atoms with Crippen LogP contribution >= 0.6 is 11.8 Å². The van der Waals surface area contributed by atoms with Crippen molar-refractivity contribution < 1.29 is 84.9 Å². The summed E-state index contributed by atoms with van der Waals surface area (Å²) in [6.07, 6.45) is -9.31. The van der Waals surface area contributed by atoms with Crippen molar-refractivity contribution in [1.29, 1.82) is 0 Å². The highest BCUT2D eigenvalue weighted by Crippen LogP contribution is 2.63. The minimum absolute atomic E-state index is 0.543. The molecule has 0 aromatic rings. The summed E-state index contributed by atoms with van der Waals surface area (Å²) in [6.45, 7) is 3.72. The van der Waals surface area contributed by atoms with Crippen molar-refractivity contribution in [1.82, 2.24) is 5.32 Å². The molecule has 0 heterocycles. The highest BCUT2D eigenvalue weighted by Gasteiger charge is 2.93. The lowest BCUT2D eigenvalue weighted by molar-refractivity contribution is -0.447. The molecule has 37 heavy (non-hydrogen) atoms. The first kappa shape index (κ1) is 35.0. The summed E-state index contributed by atoms with van der Waals surface area (Å²) in [5.74, 6) is -44.6. The SMILES string of the molecule is COC(=O)[C@H](CSC(F)(F)C(F)(F)C(F)(F)C(F)(F)C(F)(F)C(F)(F)C(F)(F)F)NC(=O)OC(C)(C)C. The number of nitrogens with one attached hydrogen (secondary N) is 1. The van der Waals surface area contributed by atoms with E-state index in [-0.39, 0.29) is 0 Å². The van der Waals surface area contributed by atoms with Gasteiger partial charge in [0.2, 0.25) is 0 Å². The van der Waals surface area contributed by atoms with E-state index < -0.39 is 82.3 Å². The third kappa shape index (κ3) is 6.55. The van der Waals surface area contributed by atoms with Gasteiger partial charge in [0.25, 0.3) is 0 Å². The van der Waals surface area contributed by atoms with Crippen LogP contribution in [-0.2, 0) is 14.3 Å². The van der Waals surface area contributed by atoms with Crippen LogP contribution < -0.4 is 5.32 Å². The van der Waals surface area contributed by atoms with E-state index in [4.69, 9.17) is 0 Å². The van der Waals surface area contributed by atoms with E-state index in [1.165, 1.54) is 26.1 Å². The molecule has 0 rings (SSSR count). The molecule has 220 valence electrons. The summed E-state index contributed by atoms with van der Waals surface area (Å²) in [5, 5.41) is -5.20. The van der Waals surface area contributed by atoms with Gasteiger partial charge >= 0.3 is 53.1 Å². The fourth-order valence-electron chi connectivity index (χ4n) is 1.99. The predicted octanol–water partition coefficient (Wildman–Crippen LogP) is 6.12. The van der Waals surface area contributed by atoms with Crippen LogP contribution in [0.2, 0.25) is 0 Å². The van der Waals surface area contributed by atoms with Gasteiger partial charge in [-0.1, -0.05) is 11.8 Å². The van der Waals surface area contributed by atoms with Crippen LogP contribution in [0, 0.1) is 0 Å². The monoisotopic (exact) mass is 603 g/mol. The minimum Gasteiger partial charge on any atom is -0.467 e. The van der Waals surface area contributed by atoms with Crippen LogP contribution in [0.3, 0.4) is 0 Å². The van der Waals surface area contributed by atoms with Gasteiger partial charge in [0.05, 0.1) is 7.11 Å². The molecule has 1 N–H and O–H groups in total. The lowest BCUT2D eigenvalue weighted by Gasteiger charge is -2.41. The van der Waals surface area contributed by atoms with Crippen molar-refractivity contribution in [3.05, 3.63) is 0 Å². The second-order valence-electron chi connectivity index (χ2n) is 7.92. The van der Waals surface area contributed by atoms with Gasteiger partial charge in [-0.05, 0) is 20.8 Å². The van der Waals surface area contributed by atoms with Gasteiger partial charge in [-0.15, -0.1) is 0 Å². The fourth-order valence-corrected chi connectivity index (χ4v) is 2.90. The Morgan fingerprint density at radius 3 is 1.43 bits per heavy atom. The van der Waals surface area contributed by atoms with Crippen molar-refractivity contribution in [3.63, 3.8) is 0 Å². The molecule has 0 saturated carbocycles. The number of methoxy groups -OCH3 is 1. The Morgan fingerprint density at radius 2 is 1.08 bits per heavy atom. The topological polar surface area (TPSA) is 64.6 Å². The average molecular weight is 603 g/mol. The number of rotatable bonds is 10. The van der Waals surface area contributed by atoms with Gasteiger partial charge in [0, 0.05) is 5.75 Å². The molecule has 1 atom stereocenters. The molecule has 0 fully saturated rings. The van der Waals surface area contributed by atoms with Crippen LogP contribution in [-0.4, -0.2) is 77.6 Å². The molecule has 5 nitrogen and oxygen atoms in total. The Morgan fingerprint density at radius 1 is 0.703 bits per heavy atom. The maximum Gasteiger partial charge on any atom is 0.460 e. The van der Waals surface area contributed by atoms with Crippen molar-refractivity contribution in [3.8, 4) is 0 Å². The normalized spacial score (nSPS) is 15.8. The van der Waals surface area contributed by atoms with E-state index in [1.54, 1.807) is 0 Å². The maximum absolute atomic E-state index is 13.9. The second-order valence-corrected chi connectivity index (χ2v) is 9.05. The number of halogens is 15. The molecule has 0 aliphatic carbocycles. The maximum atomic E-state index is 13.9. The number of esters is 1. The third-order valence-electron chi connectivity index (χ3n) is 3.91. The zero-order chi connectivity index (χ0) is 30.3.